The molecule has 0 spiro atoms. The van der Waals surface area contributed by atoms with Crippen LogP contribution in [-0.4, -0.2) is 70.0 Å². The number of phosphoric ester groups is 1. The van der Waals surface area contributed by atoms with Gasteiger partial charge in [-0.1, -0.05) is 320 Å². The first-order chi connectivity index (χ1) is 45.0. The summed E-state index contributed by atoms with van der Waals surface area (Å²) >= 11 is 0. The van der Waals surface area contributed by atoms with Crippen molar-refractivity contribution in [3.63, 3.8) is 0 Å². The molecule has 9 nitrogen and oxygen atoms in total. The van der Waals surface area contributed by atoms with Gasteiger partial charge in [-0.25, -0.2) is 0 Å². The van der Waals surface area contributed by atoms with Crippen molar-refractivity contribution >= 4 is 19.8 Å². The number of quaternary nitrogens is 1. The van der Waals surface area contributed by atoms with Crippen LogP contribution in [0.5, 0.6) is 0 Å². The van der Waals surface area contributed by atoms with Crippen molar-refractivity contribution in [2.75, 3.05) is 47.5 Å². The molecule has 524 valence electrons. The summed E-state index contributed by atoms with van der Waals surface area (Å²) < 4.78 is 34.4. The zero-order valence-electron chi connectivity index (χ0n) is 59.7. The second-order valence-corrected chi connectivity index (χ2v) is 27.0. The van der Waals surface area contributed by atoms with E-state index in [2.05, 4.69) is 172 Å². The fourth-order valence-electron chi connectivity index (χ4n) is 9.94. The van der Waals surface area contributed by atoms with E-state index in [0.717, 1.165) is 128 Å². The van der Waals surface area contributed by atoms with E-state index < -0.39 is 26.5 Å². The third kappa shape index (κ3) is 74.7. The molecule has 0 saturated carbocycles. The van der Waals surface area contributed by atoms with Gasteiger partial charge in [0.2, 0.25) is 0 Å². The van der Waals surface area contributed by atoms with Crippen molar-refractivity contribution < 1.29 is 42.1 Å². The van der Waals surface area contributed by atoms with E-state index >= 15 is 0 Å². The maximum atomic E-state index is 12.9. The minimum absolute atomic E-state index is 0.0374. The van der Waals surface area contributed by atoms with E-state index in [1.807, 2.05) is 21.1 Å². The Bertz CT molecular complexity index is 2110. The molecule has 0 radical (unpaired) electrons. The normalized spacial score (nSPS) is 14.0. The number of phosphoric acid groups is 1. The first-order valence-electron chi connectivity index (χ1n) is 37.2. The van der Waals surface area contributed by atoms with Crippen LogP contribution in [0.25, 0.3) is 0 Å². The monoisotopic (exact) mass is 1300 g/mol. The average molecular weight is 1300 g/mol. The maximum Gasteiger partial charge on any atom is 0.306 e. The zero-order chi connectivity index (χ0) is 66.9. The van der Waals surface area contributed by atoms with E-state index in [0.29, 0.717) is 17.4 Å². The highest BCUT2D eigenvalue weighted by Gasteiger charge is 2.22. The van der Waals surface area contributed by atoms with Crippen LogP contribution in [0, 0.1) is 0 Å². The Morgan fingerprint density at radius 2 is 0.587 bits per heavy atom. The first-order valence-corrected chi connectivity index (χ1v) is 38.7. The predicted octanol–water partition coefficient (Wildman–Crippen LogP) is 24.1. The maximum absolute atomic E-state index is 12.9. The quantitative estimate of drug-likeness (QED) is 0.0195. The summed E-state index contributed by atoms with van der Waals surface area (Å²) in [5.74, 6) is -0.837. The van der Waals surface area contributed by atoms with Crippen LogP contribution in [0.1, 0.15) is 296 Å². The summed E-state index contributed by atoms with van der Waals surface area (Å²) in [5, 5.41) is 0. The van der Waals surface area contributed by atoms with Gasteiger partial charge in [-0.15, -0.1) is 0 Å². The number of likely N-dealkylation sites (N-methyl/N-ethyl adjacent to an activating group) is 1. The summed E-state index contributed by atoms with van der Waals surface area (Å²) in [4.78, 5) is 38.1. The molecule has 0 aromatic carbocycles. The highest BCUT2D eigenvalue weighted by atomic mass is 31.2. The Morgan fingerprint density at radius 1 is 0.337 bits per heavy atom. The fraction of sp³-hybridized carbons (Fsp3) is 0.659. The van der Waals surface area contributed by atoms with Crippen molar-refractivity contribution in [3.05, 3.63) is 158 Å². The van der Waals surface area contributed by atoms with Crippen LogP contribution in [0.4, 0.5) is 0 Å². The standard InChI is InChI=1S/C82H138NO8P/c1-6-8-10-12-14-16-18-20-22-24-26-28-30-32-34-36-38-40-41-43-44-46-48-50-52-54-56-58-60-62-64-66-68-70-72-74-81(84)88-78-80(79-90-92(86,87)89-77-76-83(3,4)5)91-82(85)75-73-71-69-67-65-63-61-59-57-55-53-51-49-47-45-42-39-37-35-33-31-29-27-25-23-21-19-17-15-13-11-9-7-2/h8-11,14-17,20-23,26-29,32-35,38-40,42,47,49,80H,6-7,12-13,18-19,24-25,30-31,36-37,41,43-46,48,50-79H2,1-5H3/b10-8-,11-9-,16-14-,17-15-,22-20-,23-21-,28-26-,29-27-,34-32-,35-33-,40-38-,42-39-,49-47-. The lowest BCUT2D eigenvalue weighted by Crippen LogP contribution is -2.37. The lowest BCUT2D eigenvalue weighted by Gasteiger charge is -2.28. The van der Waals surface area contributed by atoms with Crippen LogP contribution in [0.3, 0.4) is 0 Å². The van der Waals surface area contributed by atoms with E-state index in [9.17, 15) is 19.0 Å². The summed E-state index contributed by atoms with van der Waals surface area (Å²) in [6.45, 7) is 4.02. The molecule has 0 saturated heterocycles. The molecule has 0 N–H and O–H groups in total. The van der Waals surface area contributed by atoms with Gasteiger partial charge >= 0.3 is 11.9 Å². The van der Waals surface area contributed by atoms with Crippen LogP contribution in [-0.2, 0) is 32.7 Å². The number of allylic oxidation sites excluding steroid dienone is 26. The molecule has 2 atom stereocenters. The Hall–Kier alpha value is -4.37. The zero-order valence-corrected chi connectivity index (χ0v) is 60.6. The summed E-state index contributed by atoms with van der Waals surface area (Å²) in [6, 6.07) is 0. The van der Waals surface area contributed by atoms with Crippen LogP contribution < -0.4 is 4.89 Å². The molecule has 2 unspecified atom stereocenters. The molecule has 0 aliphatic rings. The van der Waals surface area contributed by atoms with Gasteiger partial charge in [0.05, 0.1) is 27.7 Å². The molecule has 0 fully saturated rings. The second-order valence-electron chi connectivity index (χ2n) is 25.5. The lowest BCUT2D eigenvalue weighted by molar-refractivity contribution is -0.870. The van der Waals surface area contributed by atoms with E-state index in [-0.39, 0.29) is 32.0 Å². The van der Waals surface area contributed by atoms with Crippen molar-refractivity contribution in [2.45, 2.75) is 302 Å². The molecule has 0 rings (SSSR count). The molecule has 0 aliphatic carbocycles. The minimum atomic E-state index is -4.65. The number of unbranched alkanes of at least 4 members (excludes halogenated alkanes) is 27. The number of carbonyl (C=O) groups excluding carboxylic acids is 2. The van der Waals surface area contributed by atoms with E-state index in [4.69, 9.17) is 18.5 Å². The van der Waals surface area contributed by atoms with Crippen molar-refractivity contribution in [1.29, 1.82) is 0 Å². The van der Waals surface area contributed by atoms with Gasteiger partial charge in [0.25, 0.3) is 7.82 Å². The fourth-order valence-corrected chi connectivity index (χ4v) is 10.7. The van der Waals surface area contributed by atoms with Crippen LogP contribution >= 0.6 is 7.82 Å². The molecule has 0 aromatic heterocycles. The molecule has 92 heavy (non-hydrogen) atoms. The van der Waals surface area contributed by atoms with Gasteiger partial charge in [0, 0.05) is 12.8 Å². The molecule has 0 heterocycles. The number of nitrogens with zero attached hydrogens (tertiary/aromatic N) is 1. The Kier molecular flexibility index (Phi) is 67.6. The number of ether oxygens (including phenoxy) is 2. The molecule has 0 aliphatic heterocycles. The molecular weight excluding hydrogens is 1160 g/mol. The second kappa shape index (κ2) is 70.9. The number of hydrogen-bond donors (Lipinski definition) is 0. The highest BCUT2D eigenvalue weighted by molar-refractivity contribution is 7.45. The van der Waals surface area contributed by atoms with Gasteiger partial charge < -0.3 is 27.9 Å². The Balaban J connectivity index is 4.05. The van der Waals surface area contributed by atoms with Gasteiger partial charge in [0.1, 0.15) is 19.8 Å². The number of rotatable bonds is 67. The van der Waals surface area contributed by atoms with Crippen LogP contribution in [0.15, 0.2) is 158 Å². The van der Waals surface area contributed by atoms with Gasteiger partial charge in [-0.05, 0) is 122 Å². The van der Waals surface area contributed by atoms with Crippen LogP contribution in [0.2, 0.25) is 0 Å². The Morgan fingerprint density at radius 3 is 0.870 bits per heavy atom. The van der Waals surface area contributed by atoms with Gasteiger partial charge in [-0.3, -0.25) is 14.2 Å². The minimum Gasteiger partial charge on any atom is -0.756 e. The van der Waals surface area contributed by atoms with Crippen molar-refractivity contribution in [2.24, 2.45) is 0 Å². The lowest BCUT2D eigenvalue weighted by atomic mass is 10.0. The van der Waals surface area contributed by atoms with Crippen molar-refractivity contribution in [3.8, 4) is 0 Å². The third-order valence-corrected chi connectivity index (χ3v) is 16.5. The van der Waals surface area contributed by atoms with Gasteiger partial charge in [-0.2, -0.15) is 0 Å². The SMILES string of the molecule is CC/C=C\C/C=C\C/C=C\C/C=C\C/C=C\C/C=C\C/C=C\CCCCCCCCCCCCCC(=O)OC(COC(=O)CCCCCCCCCCCCCCCCCC/C=C\C/C=C\C/C=C\C/C=C\C/C=C\C/C=C\CC)COP(=O)([O-])OCC[N+](C)(C)C. The average Bonchev–Trinajstić information content (AvgIpc) is 2.23. The van der Waals surface area contributed by atoms with E-state index in [1.165, 1.54) is 135 Å². The molecule has 0 amide bonds. The predicted molar refractivity (Wildman–Crippen MR) is 397 cm³/mol. The highest BCUT2D eigenvalue weighted by Crippen LogP contribution is 2.38. The number of esters is 2. The largest absolute Gasteiger partial charge is 0.756 e. The first kappa shape index (κ1) is 87.6. The molecule has 0 aromatic rings. The molecule has 0 bridgehead atoms. The molecular formula is C82H138NO8P. The smallest absolute Gasteiger partial charge is 0.306 e. The number of carbonyl (C=O) groups is 2. The third-order valence-electron chi connectivity index (χ3n) is 15.5. The van der Waals surface area contributed by atoms with E-state index in [1.54, 1.807) is 0 Å². The number of hydrogen-bond acceptors (Lipinski definition) is 8. The topological polar surface area (TPSA) is 111 Å². The van der Waals surface area contributed by atoms with Crippen molar-refractivity contribution in [1.82, 2.24) is 0 Å². The molecule has 10 heteroatoms. The van der Waals surface area contributed by atoms with Gasteiger partial charge in [0.15, 0.2) is 6.10 Å². The summed E-state index contributed by atoms with van der Waals surface area (Å²) in [7, 11) is 1.15. The summed E-state index contributed by atoms with van der Waals surface area (Å²) in [5.41, 5.74) is 0. The summed E-state index contributed by atoms with van der Waals surface area (Å²) in [6.07, 6.45) is 106. The Labute approximate surface area is 566 Å².